The zero-order valence-corrected chi connectivity index (χ0v) is 10.2. The maximum absolute atomic E-state index is 8.84. The molecule has 86 valence electrons. The molecule has 1 rings (SSSR count). The highest BCUT2D eigenvalue weighted by atomic mass is 15.3. The van der Waals surface area contributed by atoms with Gasteiger partial charge in [0.25, 0.3) is 0 Å². The third-order valence-electron chi connectivity index (χ3n) is 3.23. The smallest absolute Gasteiger partial charge is 0.0638 e. The Kier molecular flexibility index (Phi) is 5.07. The summed E-state index contributed by atoms with van der Waals surface area (Å²) in [6.45, 7) is 7.82. The van der Waals surface area contributed by atoms with Crippen LogP contribution in [0.1, 0.15) is 33.1 Å². The van der Waals surface area contributed by atoms with Crippen LogP contribution in [0.15, 0.2) is 0 Å². The molecule has 0 N–H and O–H groups in total. The van der Waals surface area contributed by atoms with Crippen LogP contribution in [0.25, 0.3) is 0 Å². The monoisotopic (exact) mass is 209 g/mol. The van der Waals surface area contributed by atoms with E-state index in [9.17, 15) is 0 Å². The highest BCUT2D eigenvalue weighted by Crippen LogP contribution is 2.17. The second-order valence-corrected chi connectivity index (χ2v) is 4.68. The molecule has 2 unspecified atom stereocenters. The van der Waals surface area contributed by atoms with Gasteiger partial charge in [-0.2, -0.15) is 5.26 Å². The fourth-order valence-electron chi connectivity index (χ4n) is 2.49. The van der Waals surface area contributed by atoms with Crippen LogP contribution in [0.3, 0.4) is 0 Å². The average Bonchev–Trinajstić information content (AvgIpc) is 2.17. The molecule has 0 bridgehead atoms. The Morgan fingerprint density at radius 3 is 2.73 bits per heavy atom. The Hall–Kier alpha value is -0.590. The van der Waals surface area contributed by atoms with Crippen LogP contribution in [-0.2, 0) is 0 Å². The topological polar surface area (TPSA) is 30.3 Å². The molecule has 0 aliphatic carbocycles. The number of hydrogen-bond acceptors (Lipinski definition) is 3. The average molecular weight is 209 g/mol. The fourth-order valence-corrected chi connectivity index (χ4v) is 2.49. The molecule has 0 aromatic carbocycles. The Bertz CT molecular complexity index is 221. The molecule has 0 amide bonds. The number of likely N-dealkylation sites (N-methyl/N-ethyl adjacent to an activating group) is 1. The Morgan fingerprint density at radius 2 is 2.13 bits per heavy atom. The van der Waals surface area contributed by atoms with Crippen molar-refractivity contribution >= 4 is 0 Å². The summed E-state index contributed by atoms with van der Waals surface area (Å²) >= 11 is 0. The van der Waals surface area contributed by atoms with Gasteiger partial charge in [-0.3, -0.25) is 4.90 Å². The van der Waals surface area contributed by atoms with Gasteiger partial charge in [0.2, 0.25) is 0 Å². The lowest BCUT2D eigenvalue weighted by molar-refractivity contribution is 0.0447. The summed E-state index contributed by atoms with van der Waals surface area (Å²) in [6.07, 6.45) is 3.15. The fraction of sp³-hybridized carbons (Fsp3) is 0.917. The first-order valence-electron chi connectivity index (χ1n) is 6.00. The van der Waals surface area contributed by atoms with Crippen molar-refractivity contribution in [3.8, 4) is 6.07 Å². The summed E-state index contributed by atoms with van der Waals surface area (Å²) in [5.74, 6) is 0. The number of piperazine rings is 1. The zero-order chi connectivity index (χ0) is 11.3. The summed E-state index contributed by atoms with van der Waals surface area (Å²) in [6, 6.07) is 3.35. The lowest BCUT2D eigenvalue weighted by atomic mass is 10.0. The summed E-state index contributed by atoms with van der Waals surface area (Å²) < 4.78 is 0. The van der Waals surface area contributed by atoms with E-state index in [0.29, 0.717) is 18.5 Å². The maximum atomic E-state index is 8.84. The molecule has 15 heavy (non-hydrogen) atoms. The van der Waals surface area contributed by atoms with Gasteiger partial charge in [-0.25, -0.2) is 0 Å². The van der Waals surface area contributed by atoms with Gasteiger partial charge in [0.15, 0.2) is 0 Å². The predicted octanol–water partition coefficient (Wildman–Crippen LogP) is 1.70. The molecule has 0 spiro atoms. The third kappa shape index (κ3) is 3.48. The molecule has 1 fully saturated rings. The molecule has 0 saturated carbocycles. The van der Waals surface area contributed by atoms with Crippen molar-refractivity contribution in [1.82, 2.24) is 9.80 Å². The van der Waals surface area contributed by atoms with E-state index in [1.807, 2.05) is 0 Å². The van der Waals surface area contributed by atoms with Crippen molar-refractivity contribution in [1.29, 1.82) is 5.26 Å². The van der Waals surface area contributed by atoms with E-state index in [2.05, 4.69) is 36.8 Å². The maximum Gasteiger partial charge on any atom is 0.0638 e. The van der Waals surface area contributed by atoms with Gasteiger partial charge in [0.05, 0.1) is 12.5 Å². The number of nitrogens with zero attached hydrogens (tertiary/aromatic N) is 3. The van der Waals surface area contributed by atoms with Crippen molar-refractivity contribution < 1.29 is 0 Å². The third-order valence-corrected chi connectivity index (χ3v) is 3.23. The van der Waals surface area contributed by atoms with Crippen LogP contribution in [-0.4, -0.2) is 48.6 Å². The van der Waals surface area contributed by atoms with Crippen LogP contribution in [0.4, 0.5) is 0 Å². The minimum absolute atomic E-state index is 0.440. The zero-order valence-electron chi connectivity index (χ0n) is 10.2. The van der Waals surface area contributed by atoms with E-state index in [4.69, 9.17) is 5.26 Å². The van der Waals surface area contributed by atoms with Crippen LogP contribution in [0.5, 0.6) is 0 Å². The lowest BCUT2D eigenvalue weighted by Crippen LogP contribution is -2.56. The highest BCUT2D eigenvalue weighted by molar-refractivity contribution is 4.91. The molecule has 0 aromatic heterocycles. The van der Waals surface area contributed by atoms with Crippen LogP contribution in [0, 0.1) is 11.3 Å². The minimum Gasteiger partial charge on any atom is -0.303 e. The van der Waals surface area contributed by atoms with E-state index >= 15 is 0 Å². The van der Waals surface area contributed by atoms with Crippen molar-refractivity contribution in [2.45, 2.75) is 45.2 Å². The first kappa shape index (κ1) is 12.5. The molecule has 1 saturated heterocycles. The van der Waals surface area contributed by atoms with Crippen molar-refractivity contribution in [3.05, 3.63) is 0 Å². The molecule has 0 aromatic rings. The number of hydrogen-bond donors (Lipinski definition) is 0. The van der Waals surface area contributed by atoms with E-state index in [1.54, 1.807) is 0 Å². The Morgan fingerprint density at radius 1 is 1.40 bits per heavy atom. The predicted molar refractivity (Wildman–Crippen MR) is 62.6 cm³/mol. The molecule has 0 radical (unpaired) electrons. The van der Waals surface area contributed by atoms with Crippen LogP contribution < -0.4 is 0 Å². The quantitative estimate of drug-likeness (QED) is 0.706. The van der Waals surface area contributed by atoms with Crippen molar-refractivity contribution in [3.63, 3.8) is 0 Å². The number of rotatable bonds is 4. The summed E-state index contributed by atoms with van der Waals surface area (Å²) in [7, 11) is 2.15. The first-order valence-corrected chi connectivity index (χ1v) is 6.00. The van der Waals surface area contributed by atoms with Crippen LogP contribution >= 0.6 is 0 Å². The summed E-state index contributed by atoms with van der Waals surface area (Å²) in [5, 5.41) is 8.84. The Balaban J connectivity index is 2.56. The number of nitriles is 1. The van der Waals surface area contributed by atoms with Crippen molar-refractivity contribution in [2.75, 3.05) is 26.7 Å². The molecular weight excluding hydrogens is 186 g/mol. The van der Waals surface area contributed by atoms with Crippen molar-refractivity contribution in [2.24, 2.45) is 0 Å². The van der Waals surface area contributed by atoms with Gasteiger partial charge >= 0.3 is 0 Å². The van der Waals surface area contributed by atoms with Gasteiger partial charge in [0, 0.05) is 25.2 Å². The summed E-state index contributed by atoms with van der Waals surface area (Å²) in [5.41, 5.74) is 0. The molecule has 3 nitrogen and oxygen atoms in total. The van der Waals surface area contributed by atoms with E-state index in [-0.39, 0.29) is 0 Å². The second-order valence-electron chi connectivity index (χ2n) is 4.68. The van der Waals surface area contributed by atoms with Gasteiger partial charge < -0.3 is 4.90 Å². The second kappa shape index (κ2) is 6.09. The highest BCUT2D eigenvalue weighted by Gasteiger charge is 2.29. The molecule has 3 heteroatoms. The molecule has 1 aliphatic heterocycles. The van der Waals surface area contributed by atoms with E-state index in [1.165, 1.54) is 12.8 Å². The summed E-state index contributed by atoms with van der Waals surface area (Å²) in [4.78, 5) is 4.86. The van der Waals surface area contributed by atoms with Crippen LogP contribution in [0.2, 0.25) is 0 Å². The first-order chi connectivity index (χ1) is 7.19. The standard InChI is InChI=1S/C12H23N3/c1-4-5-8-15-11(2)9-14(3)10-12(15)6-7-13/h11-12H,4-6,8-10H2,1-3H3. The largest absolute Gasteiger partial charge is 0.303 e. The number of unbranched alkanes of at least 4 members (excludes halogenated alkanes) is 1. The Labute approximate surface area is 93.7 Å². The minimum atomic E-state index is 0.440. The SMILES string of the molecule is CCCCN1C(C)CN(C)CC1CC#N. The lowest BCUT2D eigenvalue weighted by Gasteiger charge is -2.44. The normalized spacial score (nSPS) is 28.9. The molecule has 2 atom stereocenters. The molecule has 1 aliphatic rings. The van der Waals surface area contributed by atoms with Gasteiger partial charge in [-0.1, -0.05) is 13.3 Å². The van der Waals surface area contributed by atoms with Gasteiger partial charge in [0.1, 0.15) is 0 Å². The molecule has 1 heterocycles. The van der Waals surface area contributed by atoms with E-state index < -0.39 is 0 Å². The van der Waals surface area contributed by atoms with Gasteiger partial charge in [-0.05, 0) is 26.9 Å². The van der Waals surface area contributed by atoms with E-state index in [0.717, 1.165) is 19.6 Å². The van der Waals surface area contributed by atoms with Gasteiger partial charge in [-0.15, -0.1) is 0 Å². The molecular formula is C12H23N3.